The molecule has 0 unspecified atom stereocenters. The van der Waals surface area contributed by atoms with E-state index in [0.717, 1.165) is 5.56 Å². The Bertz CT molecular complexity index is 363. The lowest BCUT2D eigenvalue weighted by Crippen LogP contribution is -2.35. The molecule has 2 nitrogen and oxygen atoms in total. The number of hydrogen-bond acceptors (Lipinski definition) is 2. The van der Waals surface area contributed by atoms with Crippen LogP contribution >= 0.6 is 15.9 Å². The SMILES string of the molecule is CN(Cc1cccc(F)c1Br)CC(C)(C)O. The Balaban J connectivity index is 2.70. The third-order valence-electron chi connectivity index (χ3n) is 2.13. The van der Waals surface area contributed by atoms with Gasteiger partial charge < -0.3 is 5.11 Å². The van der Waals surface area contributed by atoms with Gasteiger partial charge in [0.1, 0.15) is 5.82 Å². The molecule has 90 valence electrons. The molecule has 0 bridgehead atoms. The minimum absolute atomic E-state index is 0.255. The van der Waals surface area contributed by atoms with Crippen LogP contribution in [0.3, 0.4) is 0 Å². The lowest BCUT2D eigenvalue weighted by molar-refractivity contribution is 0.0424. The van der Waals surface area contributed by atoms with Gasteiger partial charge >= 0.3 is 0 Å². The van der Waals surface area contributed by atoms with E-state index in [1.54, 1.807) is 19.9 Å². The van der Waals surface area contributed by atoms with E-state index < -0.39 is 5.60 Å². The van der Waals surface area contributed by atoms with Gasteiger partial charge in [0.15, 0.2) is 0 Å². The van der Waals surface area contributed by atoms with Crippen molar-refractivity contribution in [2.24, 2.45) is 0 Å². The molecule has 0 fully saturated rings. The number of benzene rings is 1. The molecule has 16 heavy (non-hydrogen) atoms. The van der Waals surface area contributed by atoms with Crippen LogP contribution in [0.4, 0.5) is 4.39 Å². The molecule has 1 aromatic carbocycles. The van der Waals surface area contributed by atoms with E-state index in [2.05, 4.69) is 15.9 Å². The number of hydrogen-bond donors (Lipinski definition) is 1. The number of halogens is 2. The van der Waals surface area contributed by atoms with E-state index in [1.165, 1.54) is 6.07 Å². The monoisotopic (exact) mass is 289 g/mol. The van der Waals surface area contributed by atoms with E-state index >= 15 is 0 Å². The summed E-state index contributed by atoms with van der Waals surface area (Å²) in [5.41, 5.74) is 0.140. The Morgan fingerprint density at radius 3 is 2.62 bits per heavy atom. The molecular weight excluding hydrogens is 273 g/mol. The highest BCUT2D eigenvalue weighted by Gasteiger charge is 2.16. The van der Waals surface area contributed by atoms with Crippen molar-refractivity contribution in [3.8, 4) is 0 Å². The number of aliphatic hydroxyl groups is 1. The maximum Gasteiger partial charge on any atom is 0.137 e. The maximum absolute atomic E-state index is 13.3. The predicted octanol–water partition coefficient (Wildman–Crippen LogP) is 2.79. The zero-order chi connectivity index (χ0) is 12.3. The second-order valence-corrected chi connectivity index (χ2v) is 5.49. The molecule has 0 saturated carbocycles. The molecule has 1 aromatic rings. The first-order valence-corrected chi connectivity index (χ1v) is 5.93. The van der Waals surface area contributed by atoms with Gasteiger partial charge in [0.2, 0.25) is 0 Å². The first kappa shape index (κ1) is 13.6. The quantitative estimate of drug-likeness (QED) is 0.921. The first-order valence-electron chi connectivity index (χ1n) is 5.13. The van der Waals surface area contributed by atoms with Gasteiger partial charge in [-0.2, -0.15) is 0 Å². The second-order valence-electron chi connectivity index (χ2n) is 4.70. The summed E-state index contributed by atoms with van der Waals surface area (Å²) in [5, 5.41) is 9.66. The van der Waals surface area contributed by atoms with Crippen LogP contribution in [-0.2, 0) is 6.54 Å². The fraction of sp³-hybridized carbons (Fsp3) is 0.500. The molecule has 0 radical (unpaired) electrons. The zero-order valence-corrected chi connectivity index (χ0v) is 11.4. The Morgan fingerprint density at radius 1 is 1.44 bits per heavy atom. The molecule has 0 aromatic heterocycles. The van der Waals surface area contributed by atoms with Crippen molar-refractivity contribution < 1.29 is 9.50 Å². The van der Waals surface area contributed by atoms with Gasteiger partial charge in [-0.3, -0.25) is 4.90 Å². The van der Waals surface area contributed by atoms with Crippen LogP contribution < -0.4 is 0 Å². The van der Waals surface area contributed by atoms with Crippen LogP contribution in [0.5, 0.6) is 0 Å². The average Bonchev–Trinajstić information content (AvgIpc) is 2.09. The first-order chi connectivity index (χ1) is 7.29. The van der Waals surface area contributed by atoms with E-state index in [4.69, 9.17) is 0 Å². The van der Waals surface area contributed by atoms with Crippen molar-refractivity contribution in [2.75, 3.05) is 13.6 Å². The molecular formula is C12H17BrFNO. The topological polar surface area (TPSA) is 23.5 Å². The minimum Gasteiger partial charge on any atom is -0.389 e. The maximum atomic E-state index is 13.3. The fourth-order valence-corrected chi connectivity index (χ4v) is 2.07. The summed E-state index contributed by atoms with van der Waals surface area (Å²) in [7, 11) is 1.90. The van der Waals surface area contributed by atoms with Crippen molar-refractivity contribution in [1.29, 1.82) is 0 Å². The van der Waals surface area contributed by atoms with Crippen molar-refractivity contribution in [1.82, 2.24) is 4.90 Å². The van der Waals surface area contributed by atoms with Gasteiger partial charge in [0, 0.05) is 13.1 Å². The molecule has 0 heterocycles. The zero-order valence-electron chi connectivity index (χ0n) is 9.80. The van der Waals surface area contributed by atoms with Crippen molar-refractivity contribution in [3.05, 3.63) is 34.1 Å². The summed E-state index contributed by atoms with van der Waals surface area (Å²) in [6.07, 6.45) is 0. The van der Waals surface area contributed by atoms with Crippen molar-refractivity contribution >= 4 is 15.9 Å². The summed E-state index contributed by atoms with van der Waals surface area (Å²) < 4.78 is 13.8. The summed E-state index contributed by atoms with van der Waals surface area (Å²) >= 11 is 3.22. The molecule has 0 aliphatic carbocycles. The molecule has 1 N–H and O–H groups in total. The summed E-state index contributed by atoms with van der Waals surface area (Å²) in [6.45, 7) is 4.65. The van der Waals surface area contributed by atoms with Gasteiger partial charge in [0.05, 0.1) is 10.1 Å². The Kier molecular flexibility index (Phi) is 4.47. The van der Waals surface area contributed by atoms with E-state index in [9.17, 15) is 9.50 Å². The van der Waals surface area contributed by atoms with Gasteiger partial charge in [0.25, 0.3) is 0 Å². The summed E-state index contributed by atoms with van der Waals surface area (Å²) in [6, 6.07) is 4.98. The lowest BCUT2D eigenvalue weighted by atomic mass is 10.1. The smallest absolute Gasteiger partial charge is 0.137 e. The van der Waals surface area contributed by atoms with E-state index in [-0.39, 0.29) is 5.82 Å². The normalized spacial score (nSPS) is 12.2. The highest BCUT2D eigenvalue weighted by atomic mass is 79.9. The third-order valence-corrected chi connectivity index (χ3v) is 3.02. The molecule has 0 aliphatic heterocycles. The number of likely N-dealkylation sites (N-methyl/N-ethyl adjacent to an activating group) is 1. The van der Waals surface area contributed by atoms with Crippen LogP contribution in [0.15, 0.2) is 22.7 Å². The third kappa shape index (κ3) is 4.20. The Morgan fingerprint density at radius 2 is 2.06 bits per heavy atom. The van der Waals surface area contributed by atoms with Gasteiger partial charge in [-0.1, -0.05) is 12.1 Å². The van der Waals surface area contributed by atoms with Crippen LogP contribution in [0.1, 0.15) is 19.4 Å². The highest BCUT2D eigenvalue weighted by molar-refractivity contribution is 9.10. The van der Waals surface area contributed by atoms with Crippen LogP contribution in [0.2, 0.25) is 0 Å². The molecule has 0 atom stereocenters. The van der Waals surface area contributed by atoms with Gasteiger partial charge in [-0.25, -0.2) is 4.39 Å². The van der Waals surface area contributed by atoms with Crippen LogP contribution in [0.25, 0.3) is 0 Å². The average molecular weight is 290 g/mol. The van der Waals surface area contributed by atoms with Crippen LogP contribution in [0, 0.1) is 5.82 Å². The molecule has 4 heteroatoms. The second kappa shape index (κ2) is 5.25. The van der Waals surface area contributed by atoms with Crippen molar-refractivity contribution in [2.45, 2.75) is 26.0 Å². The molecule has 0 saturated heterocycles. The van der Waals surface area contributed by atoms with Crippen LogP contribution in [-0.4, -0.2) is 29.2 Å². The number of nitrogens with zero attached hydrogens (tertiary/aromatic N) is 1. The standard InChI is InChI=1S/C12H17BrFNO/c1-12(2,16)8-15(3)7-9-5-4-6-10(14)11(9)13/h4-6,16H,7-8H2,1-3H3. The molecule has 1 rings (SSSR count). The van der Waals surface area contributed by atoms with E-state index in [1.807, 2.05) is 18.0 Å². The predicted molar refractivity (Wildman–Crippen MR) is 66.7 cm³/mol. The van der Waals surface area contributed by atoms with E-state index in [0.29, 0.717) is 17.6 Å². The lowest BCUT2D eigenvalue weighted by Gasteiger charge is -2.25. The molecule has 0 aliphatic rings. The highest BCUT2D eigenvalue weighted by Crippen LogP contribution is 2.21. The largest absolute Gasteiger partial charge is 0.389 e. The fourth-order valence-electron chi connectivity index (χ4n) is 1.68. The Labute approximate surface area is 104 Å². The number of rotatable bonds is 4. The molecule has 0 spiro atoms. The molecule has 0 amide bonds. The summed E-state index contributed by atoms with van der Waals surface area (Å²) in [4.78, 5) is 1.96. The van der Waals surface area contributed by atoms with Gasteiger partial charge in [-0.15, -0.1) is 0 Å². The Hall–Kier alpha value is -0.450. The van der Waals surface area contributed by atoms with Crippen molar-refractivity contribution in [3.63, 3.8) is 0 Å². The summed E-state index contributed by atoms with van der Waals surface area (Å²) in [5.74, 6) is -0.255. The van der Waals surface area contributed by atoms with Gasteiger partial charge in [-0.05, 0) is 48.5 Å². The minimum atomic E-state index is -0.742.